The third kappa shape index (κ3) is 4.98. The van der Waals surface area contributed by atoms with Crippen molar-refractivity contribution in [3.05, 3.63) is 28.2 Å². The largest absolute Gasteiger partial charge is 0.483 e. The predicted octanol–water partition coefficient (Wildman–Crippen LogP) is 2.18. The molecule has 1 heterocycles. The number of carbonyl (C=O) groups is 1. The van der Waals surface area contributed by atoms with E-state index in [-0.39, 0.29) is 18.6 Å². The number of carbonyl (C=O) groups excluding carboxylic acids is 1. The summed E-state index contributed by atoms with van der Waals surface area (Å²) in [4.78, 5) is 11.9. The van der Waals surface area contributed by atoms with Crippen LogP contribution in [-0.2, 0) is 9.53 Å². The first kappa shape index (κ1) is 16.3. The van der Waals surface area contributed by atoms with Crippen molar-refractivity contribution in [1.29, 1.82) is 0 Å². The maximum atomic E-state index is 11.9. The van der Waals surface area contributed by atoms with Crippen molar-refractivity contribution in [2.75, 3.05) is 19.8 Å². The SMILES string of the molecule is C[C@H](O)c1cc(Br)ccc1OCC(=O)NC1CCOCC1. The van der Waals surface area contributed by atoms with Gasteiger partial charge in [-0.3, -0.25) is 4.79 Å². The first-order chi connectivity index (χ1) is 10.1. The number of benzene rings is 1. The molecule has 116 valence electrons. The van der Waals surface area contributed by atoms with Gasteiger partial charge in [0, 0.05) is 29.3 Å². The fourth-order valence-electron chi connectivity index (χ4n) is 2.23. The minimum atomic E-state index is -0.656. The average Bonchev–Trinajstić information content (AvgIpc) is 2.47. The van der Waals surface area contributed by atoms with E-state index < -0.39 is 6.10 Å². The molecule has 1 amide bonds. The molecule has 0 aliphatic carbocycles. The standard InChI is InChI=1S/C15H20BrNO4/c1-10(18)13-8-11(16)2-3-14(13)21-9-15(19)17-12-4-6-20-7-5-12/h2-3,8,10,12,18H,4-7,9H2,1H3,(H,17,19)/t10-/m0/s1. The summed E-state index contributed by atoms with van der Waals surface area (Å²) in [5.41, 5.74) is 0.656. The first-order valence-corrected chi connectivity index (χ1v) is 7.83. The van der Waals surface area contributed by atoms with Gasteiger partial charge in [-0.2, -0.15) is 0 Å². The van der Waals surface area contributed by atoms with Gasteiger partial charge in [0.15, 0.2) is 6.61 Å². The first-order valence-electron chi connectivity index (χ1n) is 7.03. The van der Waals surface area contributed by atoms with Gasteiger partial charge in [-0.1, -0.05) is 15.9 Å². The molecule has 1 aliphatic heterocycles. The second kappa shape index (κ2) is 7.77. The predicted molar refractivity (Wildman–Crippen MR) is 82.3 cm³/mol. The van der Waals surface area contributed by atoms with Gasteiger partial charge in [0.1, 0.15) is 5.75 Å². The van der Waals surface area contributed by atoms with E-state index in [4.69, 9.17) is 9.47 Å². The molecular weight excluding hydrogens is 338 g/mol. The van der Waals surface area contributed by atoms with Gasteiger partial charge in [-0.15, -0.1) is 0 Å². The molecule has 0 saturated carbocycles. The zero-order valence-electron chi connectivity index (χ0n) is 12.0. The Morgan fingerprint density at radius 3 is 2.90 bits per heavy atom. The van der Waals surface area contributed by atoms with Crippen LogP contribution in [0.25, 0.3) is 0 Å². The Hall–Kier alpha value is -1.11. The highest BCUT2D eigenvalue weighted by atomic mass is 79.9. The average molecular weight is 358 g/mol. The van der Waals surface area contributed by atoms with E-state index in [1.165, 1.54) is 0 Å². The number of hydrogen-bond acceptors (Lipinski definition) is 4. The summed E-state index contributed by atoms with van der Waals surface area (Å²) in [6.07, 6.45) is 1.02. The van der Waals surface area contributed by atoms with Gasteiger partial charge in [-0.25, -0.2) is 0 Å². The zero-order valence-corrected chi connectivity index (χ0v) is 13.6. The summed E-state index contributed by atoms with van der Waals surface area (Å²) in [5, 5.41) is 12.7. The van der Waals surface area contributed by atoms with Crippen LogP contribution >= 0.6 is 15.9 Å². The summed E-state index contributed by atoms with van der Waals surface area (Å²) in [5.74, 6) is 0.372. The van der Waals surface area contributed by atoms with Crippen molar-refractivity contribution in [2.45, 2.75) is 31.9 Å². The molecule has 21 heavy (non-hydrogen) atoms. The van der Waals surface area contributed by atoms with Crippen LogP contribution in [0.3, 0.4) is 0 Å². The monoisotopic (exact) mass is 357 g/mol. The summed E-state index contributed by atoms with van der Waals surface area (Å²) in [6.45, 7) is 2.98. The molecule has 5 nitrogen and oxygen atoms in total. The van der Waals surface area contributed by atoms with E-state index in [1.54, 1.807) is 19.1 Å². The number of aliphatic hydroxyl groups excluding tert-OH is 1. The topological polar surface area (TPSA) is 67.8 Å². The van der Waals surface area contributed by atoms with Crippen molar-refractivity contribution in [3.8, 4) is 5.75 Å². The molecule has 2 N–H and O–H groups in total. The number of halogens is 1. The van der Waals surface area contributed by atoms with Crippen molar-refractivity contribution in [2.24, 2.45) is 0 Å². The maximum Gasteiger partial charge on any atom is 0.258 e. The van der Waals surface area contributed by atoms with Crippen LogP contribution in [0, 0.1) is 0 Å². The molecule has 1 aromatic rings. The minimum Gasteiger partial charge on any atom is -0.483 e. The molecule has 0 aromatic heterocycles. The molecule has 1 atom stereocenters. The molecule has 1 fully saturated rings. The van der Waals surface area contributed by atoms with E-state index >= 15 is 0 Å². The van der Waals surface area contributed by atoms with E-state index in [1.807, 2.05) is 6.07 Å². The normalized spacial score (nSPS) is 17.3. The van der Waals surface area contributed by atoms with Crippen LogP contribution in [0.2, 0.25) is 0 Å². The number of ether oxygens (including phenoxy) is 2. The molecule has 1 aromatic carbocycles. The Morgan fingerprint density at radius 1 is 1.52 bits per heavy atom. The van der Waals surface area contributed by atoms with Crippen molar-refractivity contribution in [3.63, 3.8) is 0 Å². The van der Waals surface area contributed by atoms with Gasteiger partial charge in [0.2, 0.25) is 0 Å². The maximum absolute atomic E-state index is 11.9. The number of nitrogens with one attached hydrogen (secondary N) is 1. The molecule has 1 saturated heterocycles. The highest BCUT2D eigenvalue weighted by Gasteiger charge is 2.17. The fourth-order valence-corrected chi connectivity index (χ4v) is 2.61. The number of rotatable bonds is 5. The lowest BCUT2D eigenvalue weighted by Crippen LogP contribution is -2.41. The third-order valence-electron chi connectivity index (χ3n) is 3.37. The third-order valence-corrected chi connectivity index (χ3v) is 3.86. The smallest absolute Gasteiger partial charge is 0.258 e. The van der Waals surface area contributed by atoms with E-state index in [0.717, 1.165) is 17.3 Å². The zero-order chi connectivity index (χ0) is 15.2. The lowest BCUT2D eigenvalue weighted by Gasteiger charge is -2.23. The Bertz CT molecular complexity index is 487. The van der Waals surface area contributed by atoms with Crippen molar-refractivity contribution >= 4 is 21.8 Å². The second-order valence-corrected chi connectivity index (χ2v) is 6.02. The summed E-state index contributed by atoms with van der Waals surface area (Å²) >= 11 is 3.35. The summed E-state index contributed by atoms with van der Waals surface area (Å²) in [7, 11) is 0. The molecule has 0 radical (unpaired) electrons. The van der Waals surface area contributed by atoms with Gasteiger partial charge in [-0.05, 0) is 38.0 Å². The van der Waals surface area contributed by atoms with Gasteiger partial charge >= 0.3 is 0 Å². The van der Waals surface area contributed by atoms with Crippen LogP contribution in [0.4, 0.5) is 0 Å². The number of aliphatic hydroxyl groups is 1. The summed E-state index contributed by atoms with van der Waals surface area (Å²) in [6, 6.07) is 5.51. The highest BCUT2D eigenvalue weighted by Crippen LogP contribution is 2.28. The van der Waals surface area contributed by atoms with Gasteiger partial charge < -0.3 is 19.9 Å². The second-order valence-electron chi connectivity index (χ2n) is 5.10. The Morgan fingerprint density at radius 2 is 2.24 bits per heavy atom. The van der Waals surface area contributed by atoms with Crippen LogP contribution in [0.5, 0.6) is 5.75 Å². The number of hydrogen-bond donors (Lipinski definition) is 2. The Labute approximate surface area is 132 Å². The van der Waals surface area contributed by atoms with E-state index in [9.17, 15) is 9.90 Å². The molecule has 2 rings (SSSR count). The quantitative estimate of drug-likeness (QED) is 0.847. The minimum absolute atomic E-state index is 0.0568. The Kier molecular flexibility index (Phi) is 6.02. The lowest BCUT2D eigenvalue weighted by atomic mass is 10.1. The van der Waals surface area contributed by atoms with E-state index in [0.29, 0.717) is 24.5 Å². The van der Waals surface area contributed by atoms with Crippen LogP contribution in [-0.4, -0.2) is 36.9 Å². The van der Waals surface area contributed by atoms with Crippen molar-refractivity contribution < 1.29 is 19.4 Å². The number of amides is 1. The van der Waals surface area contributed by atoms with Crippen LogP contribution in [0.15, 0.2) is 22.7 Å². The molecular formula is C15H20BrNO4. The molecule has 0 spiro atoms. The van der Waals surface area contributed by atoms with E-state index in [2.05, 4.69) is 21.2 Å². The molecule has 0 unspecified atom stereocenters. The molecule has 1 aliphatic rings. The fraction of sp³-hybridized carbons (Fsp3) is 0.533. The van der Waals surface area contributed by atoms with Crippen LogP contribution in [0.1, 0.15) is 31.4 Å². The summed E-state index contributed by atoms with van der Waals surface area (Å²) < 4.78 is 11.6. The Balaban J connectivity index is 1.88. The molecule has 0 bridgehead atoms. The highest BCUT2D eigenvalue weighted by molar-refractivity contribution is 9.10. The van der Waals surface area contributed by atoms with Crippen LogP contribution < -0.4 is 10.1 Å². The molecule has 6 heteroatoms. The van der Waals surface area contributed by atoms with Gasteiger partial charge in [0.05, 0.1) is 6.10 Å². The van der Waals surface area contributed by atoms with Gasteiger partial charge in [0.25, 0.3) is 5.91 Å². The lowest BCUT2D eigenvalue weighted by molar-refractivity contribution is -0.124. The van der Waals surface area contributed by atoms with Crippen molar-refractivity contribution in [1.82, 2.24) is 5.32 Å².